The van der Waals surface area contributed by atoms with Crippen LogP contribution in [-0.2, 0) is 19.6 Å². The molecule has 0 unspecified atom stereocenters. The summed E-state index contributed by atoms with van der Waals surface area (Å²) in [6.07, 6.45) is 5.48. The molecule has 3 aliphatic heterocycles. The van der Waals surface area contributed by atoms with Crippen molar-refractivity contribution in [2.24, 2.45) is 0 Å². The molecule has 36 heavy (non-hydrogen) atoms. The number of hydrogen-bond donors (Lipinski definition) is 0. The van der Waals surface area contributed by atoms with Crippen molar-refractivity contribution in [1.82, 2.24) is 24.0 Å². The predicted octanol–water partition coefficient (Wildman–Crippen LogP) is 2.65. The predicted molar refractivity (Wildman–Crippen MR) is 140 cm³/mol. The van der Waals surface area contributed by atoms with Crippen molar-refractivity contribution < 1.29 is 18.0 Å². The maximum absolute atomic E-state index is 13.4. The first-order valence-corrected chi connectivity index (χ1v) is 15.2. The van der Waals surface area contributed by atoms with Crippen LogP contribution < -0.4 is 0 Å². The van der Waals surface area contributed by atoms with Gasteiger partial charge in [-0.3, -0.25) is 9.59 Å². The van der Waals surface area contributed by atoms with Crippen molar-refractivity contribution in [2.45, 2.75) is 54.8 Å². The summed E-state index contributed by atoms with van der Waals surface area (Å²) in [4.78, 5) is 36.7. The monoisotopic (exact) mass is 553 g/mol. The van der Waals surface area contributed by atoms with Crippen molar-refractivity contribution in [3.63, 3.8) is 0 Å². The Morgan fingerprint density at radius 3 is 2.67 bits per heavy atom. The van der Waals surface area contributed by atoms with Gasteiger partial charge in [-0.25, -0.2) is 13.4 Å². The van der Waals surface area contributed by atoms with Crippen molar-refractivity contribution in [2.75, 3.05) is 46.3 Å². The van der Waals surface area contributed by atoms with Crippen LogP contribution in [0.2, 0.25) is 5.15 Å². The number of amides is 2. The molecule has 0 saturated carbocycles. The van der Waals surface area contributed by atoms with E-state index in [1.807, 2.05) is 4.90 Å². The highest BCUT2D eigenvalue weighted by atomic mass is 35.5. The van der Waals surface area contributed by atoms with E-state index in [9.17, 15) is 18.0 Å². The standard InChI is InChI=1S/C24H32ClN5O4S2/c1-27(36(33,34)23-14-18-20(35-23)8-9-21(25)26-18)19-7-5-12-29(24(19)32)16-22(31)30-13-4-6-17(30)15-28-10-2-3-11-28/h8-9,14,17,19H,2-7,10-13,15-16H2,1H3/t17-,19-/m0/s1. The number of hydrogen-bond acceptors (Lipinski definition) is 7. The molecule has 3 saturated heterocycles. The zero-order valence-electron chi connectivity index (χ0n) is 20.4. The van der Waals surface area contributed by atoms with E-state index in [0.717, 1.165) is 54.7 Å². The van der Waals surface area contributed by atoms with Gasteiger partial charge >= 0.3 is 0 Å². The number of carbonyl (C=O) groups excluding carboxylic acids is 2. The van der Waals surface area contributed by atoms with Gasteiger partial charge in [0, 0.05) is 32.7 Å². The number of carbonyl (C=O) groups is 2. The number of likely N-dealkylation sites (tertiary alicyclic amines) is 3. The summed E-state index contributed by atoms with van der Waals surface area (Å²) >= 11 is 7.06. The Bertz CT molecular complexity index is 1250. The van der Waals surface area contributed by atoms with Crippen molar-refractivity contribution in [1.29, 1.82) is 0 Å². The van der Waals surface area contributed by atoms with Crippen molar-refractivity contribution in [3.05, 3.63) is 23.4 Å². The van der Waals surface area contributed by atoms with Crippen LogP contribution in [0.25, 0.3) is 10.2 Å². The van der Waals surface area contributed by atoms with E-state index in [-0.39, 0.29) is 28.6 Å². The molecule has 12 heteroatoms. The van der Waals surface area contributed by atoms with E-state index >= 15 is 0 Å². The molecule has 196 valence electrons. The third-order valence-electron chi connectivity index (χ3n) is 7.58. The maximum atomic E-state index is 13.4. The first-order valence-electron chi connectivity index (χ1n) is 12.6. The number of fused-ring (bicyclic) bond motifs is 1. The van der Waals surface area contributed by atoms with Crippen molar-refractivity contribution in [3.8, 4) is 0 Å². The number of piperidine rings is 1. The zero-order chi connectivity index (χ0) is 25.4. The summed E-state index contributed by atoms with van der Waals surface area (Å²) in [6.45, 7) is 4.28. The van der Waals surface area contributed by atoms with E-state index in [4.69, 9.17) is 11.6 Å². The largest absolute Gasteiger partial charge is 0.337 e. The van der Waals surface area contributed by atoms with Gasteiger partial charge in [0.2, 0.25) is 11.8 Å². The molecule has 0 N–H and O–H groups in total. The number of likely N-dealkylation sites (N-methyl/N-ethyl adjacent to an activating group) is 1. The number of sulfonamides is 1. The minimum Gasteiger partial charge on any atom is -0.337 e. The molecule has 0 aromatic carbocycles. The van der Waals surface area contributed by atoms with Gasteiger partial charge in [-0.15, -0.1) is 11.3 Å². The van der Waals surface area contributed by atoms with E-state index in [0.29, 0.717) is 34.8 Å². The lowest BCUT2D eigenvalue weighted by Gasteiger charge is -2.37. The molecule has 2 amide bonds. The SMILES string of the molecule is CN([C@H]1CCCN(CC(=O)N2CCC[C@H]2CN2CCCC2)C1=O)S(=O)(=O)c1cc2nc(Cl)ccc2s1. The molecule has 2 atom stereocenters. The summed E-state index contributed by atoms with van der Waals surface area (Å²) in [5.41, 5.74) is 0.510. The number of nitrogens with zero attached hydrogens (tertiary/aromatic N) is 5. The minimum atomic E-state index is -3.92. The van der Waals surface area contributed by atoms with Crippen LogP contribution in [0.1, 0.15) is 38.5 Å². The molecular weight excluding hydrogens is 522 g/mol. The molecule has 0 aliphatic carbocycles. The molecule has 3 aliphatic rings. The van der Waals surface area contributed by atoms with E-state index in [2.05, 4.69) is 9.88 Å². The molecule has 9 nitrogen and oxygen atoms in total. The Morgan fingerprint density at radius 1 is 1.14 bits per heavy atom. The first kappa shape index (κ1) is 25.8. The second-order valence-corrected chi connectivity index (χ2v) is 13.6. The van der Waals surface area contributed by atoms with Crippen LogP contribution in [0.15, 0.2) is 22.4 Å². The molecular formula is C24H32ClN5O4S2. The molecule has 5 rings (SSSR count). The Kier molecular flexibility index (Phi) is 7.56. The van der Waals surface area contributed by atoms with Crippen LogP contribution >= 0.6 is 22.9 Å². The third kappa shape index (κ3) is 5.13. The van der Waals surface area contributed by atoms with Gasteiger partial charge in [-0.05, 0) is 69.8 Å². The summed E-state index contributed by atoms with van der Waals surface area (Å²) in [5, 5.41) is 0.293. The average Bonchev–Trinajstić information content (AvgIpc) is 3.61. The highest BCUT2D eigenvalue weighted by Gasteiger charge is 2.40. The van der Waals surface area contributed by atoms with Crippen LogP contribution in [0.5, 0.6) is 0 Å². The fraction of sp³-hybridized carbons (Fsp3) is 0.625. The molecule has 3 fully saturated rings. The van der Waals surface area contributed by atoms with E-state index < -0.39 is 16.1 Å². The maximum Gasteiger partial charge on any atom is 0.253 e. The molecule has 2 aromatic heterocycles. The highest BCUT2D eigenvalue weighted by molar-refractivity contribution is 7.91. The molecule has 2 aromatic rings. The van der Waals surface area contributed by atoms with E-state index in [1.165, 1.54) is 26.0 Å². The fourth-order valence-electron chi connectivity index (χ4n) is 5.60. The lowest BCUT2D eigenvalue weighted by molar-refractivity contribution is -0.145. The summed E-state index contributed by atoms with van der Waals surface area (Å²) < 4.78 is 28.8. The van der Waals surface area contributed by atoms with Gasteiger partial charge in [-0.1, -0.05) is 11.6 Å². The van der Waals surface area contributed by atoms with Crippen LogP contribution in [0.4, 0.5) is 0 Å². The summed E-state index contributed by atoms with van der Waals surface area (Å²) in [7, 11) is -2.47. The molecule has 0 bridgehead atoms. The normalized spacial score (nSPS) is 23.9. The third-order valence-corrected chi connectivity index (χ3v) is 11.2. The molecule has 0 spiro atoms. The minimum absolute atomic E-state index is 0.00499. The average molecular weight is 554 g/mol. The van der Waals surface area contributed by atoms with Gasteiger partial charge in [0.05, 0.1) is 16.8 Å². The molecule has 0 radical (unpaired) electrons. The lowest BCUT2D eigenvalue weighted by atomic mass is 10.0. The van der Waals surface area contributed by atoms with Crippen LogP contribution in [0.3, 0.4) is 0 Å². The Morgan fingerprint density at radius 2 is 1.89 bits per heavy atom. The summed E-state index contributed by atoms with van der Waals surface area (Å²) in [5.74, 6) is -0.345. The topological polar surface area (TPSA) is 94.1 Å². The van der Waals surface area contributed by atoms with E-state index in [1.54, 1.807) is 17.0 Å². The fourth-order valence-corrected chi connectivity index (χ4v) is 8.60. The lowest BCUT2D eigenvalue weighted by Crippen LogP contribution is -2.55. The summed E-state index contributed by atoms with van der Waals surface area (Å²) in [6, 6.07) is 4.22. The van der Waals surface area contributed by atoms with Crippen LogP contribution in [0, 0.1) is 0 Å². The number of rotatable bonds is 7. The first-order chi connectivity index (χ1) is 17.2. The second-order valence-electron chi connectivity index (χ2n) is 9.91. The number of pyridine rings is 1. The van der Waals surface area contributed by atoms with Gasteiger partial charge in [0.1, 0.15) is 15.4 Å². The second kappa shape index (κ2) is 10.5. The van der Waals surface area contributed by atoms with Crippen LogP contribution in [-0.4, -0.2) is 103 Å². The highest BCUT2D eigenvalue weighted by Crippen LogP contribution is 2.32. The van der Waals surface area contributed by atoms with Gasteiger partial charge in [0.25, 0.3) is 10.0 Å². The number of aromatic nitrogens is 1. The number of thiophene rings is 1. The Balaban J connectivity index is 1.26. The smallest absolute Gasteiger partial charge is 0.253 e. The quantitative estimate of drug-likeness (QED) is 0.489. The molecule has 5 heterocycles. The number of halogens is 1. The van der Waals surface area contributed by atoms with Gasteiger partial charge in [0.15, 0.2) is 0 Å². The Labute approximate surface area is 221 Å². The zero-order valence-corrected chi connectivity index (χ0v) is 22.8. The van der Waals surface area contributed by atoms with Gasteiger partial charge < -0.3 is 14.7 Å². The van der Waals surface area contributed by atoms with Gasteiger partial charge in [-0.2, -0.15) is 4.31 Å². The van der Waals surface area contributed by atoms with Crippen molar-refractivity contribution >= 4 is 55.0 Å². The Hall–Kier alpha value is -1.79.